The second kappa shape index (κ2) is 4.93. The average Bonchev–Trinajstić information content (AvgIpc) is 2.59. The minimum Gasteiger partial charge on any atom is -0.342 e. The smallest absolute Gasteiger partial charge is 0.257 e. The van der Waals surface area contributed by atoms with E-state index in [1.807, 2.05) is 13.8 Å². The minimum absolute atomic E-state index is 0.0121. The summed E-state index contributed by atoms with van der Waals surface area (Å²) in [6, 6.07) is 0.116. The van der Waals surface area contributed by atoms with Crippen molar-refractivity contribution >= 4 is 5.91 Å². The van der Waals surface area contributed by atoms with Crippen molar-refractivity contribution in [3.05, 3.63) is 17.5 Å². The summed E-state index contributed by atoms with van der Waals surface area (Å²) in [7, 11) is 1.77. The van der Waals surface area contributed by atoms with Crippen LogP contribution in [0.25, 0.3) is 0 Å². The lowest BCUT2D eigenvalue weighted by atomic mass is 10.2. The lowest BCUT2D eigenvalue weighted by Crippen LogP contribution is -2.31. The van der Waals surface area contributed by atoms with Crippen molar-refractivity contribution in [2.75, 3.05) is 13.6 Å². The first-order valence-electron chi connectivity index (χ1n) is 5.03. The molecule has 0 aliphatic carbocycles. The third kappa shape index (κ3) is 3.06. The van der Waals surface area contributed by atoms with Gasteiger partial charge in [-0.15, -0.1) is 0 Å². The average molecular weight is 210 g/mol. The van der Waals surface area contributed by atoms with Gasteiger partial charge < -0.3 is 10.6 Å². The molecule has 1 aromatic heterocycles. The molecule has 1 aromatic rings. The van der Waals surface area contributed by atoms with Crippen LogP contribution in [-0.2, 0) is 0 Å². The summed E-state index contributed by atoms with van der Waals surface area (Å²) in [4.78, 5) is 13.5. The van der Waals surface area contributed by atoms with Crippen LogP contribution in [-0.4, -0.2) is 40.6 Å². The van der Waals surface area contributed by atoms with E-state index in [0.29, 0.717) is 12.1 Å². The molecule has 0 bridgehead atoms. The molecule has 0 saturated carbocycles. The molecule has 0 aliphatic rings. The highest BCUT2D eigenvalue weighted by molar-refractivity contribution is 5.94. The van der Waals surface area contributed by atoms with E-state index in [1.165, 1.54) is 0 Å². The van der Waals surface area contributed by atoms with Crippen molar-refractivity contribution in [2.24, 2.45) is 5.73 Å². The van der Waals surface area contributed by atoms with Gasteiger partial charge in [-0.3, -0.25) is 9.89 Å². The molecular weight excluding hydrogens is 192 g/mol. The molecule has 1 rings (SSSR count). The first-order chi connectivity index (χ1) is 7.02. The Kier molecular flexibility index (Phi) is 3.85. The molecule has 3 N–H and O–H groups in total. The predicted molar refractivity (Wildman–Crippen MR) is 58.6 cm³/mol. The normalized spacial score (nSPS) is 12.5. The summed E-state index contributed by atoms with van der Waals surface area (Å²) in [5.74, 6) is -0.0121. The Bertz CT molecular complexity index is 332. The molecule has 15 heavy (non-hydrogen) atoms. The van der Waals surface area contributed by atoms with Crippen LogP contribution < -0.4 is 5.73 Å². The number of H-pyrrole nitrogens is 1. The quantitative estimate of drug-likeness (QED) is 0.761. The summed E-state index contributed by atoms with van der Waals surface area (Å²) < 4.78 is 0. The maximum atomic E-state index is 11.9. The molecule has 0 saturated heterocycles. The number of aryl methyl sites for hydroxylation is 1. The molecule has 0 aromatic carbocycles. The summed E-state index contributed by atoms with van der Waals surface area (Å²) in [5.41, 5.74) is 7.06. The van der Waals surface area contributed by atoms with E-state index in [4.69, 9.17) is 5.73 Å². The second-order valence-electron chi connectivity index (χ2n) is 3.90. The van der Waals surface area contributed by atoms with Crippen molar-refractivity contribution in [2.45, 2.75) is 26.3 Å². The third-order valence-electron chi connectivity index (χ3n) is 2.33. The number of nitrogens with one attached hydrogen (secondary N) is 1. The first kappa shape index (κ1) is 11.7. The molecular formula is C10H18N4O. The number of amides is 1. The van der Waals surface area contributed by atoms with Gasteiger partial charge in [0.2, 0.25) is 0 Å². The zero-order chi connectivity index (χ0) is 11.4. The third-order valence-corrected chi connectivity index (χ3v) is 2.33. The van der Waals surface area contributed by atoms with Gasteiger partial charge in [0.25, 0.3) is 5.91 Å². The number of rotatable bonds is 4. The fraction of sp³-hybridized carbons (Fsp3) is 0.600. The Morgan fingerprint density at radius 1 is 1.73 bits per heavy atom. The number of aromatic amines is 1. The van der Waals surface area contributed by atoms with Crippen molar-refractivity contribution in [1.82, 2.24) is 15.1 Å². The van der Waals surface area contributed by atoms with Crippen LogP contribution in [0.5, 0.6) is 0 Å². The van der Waals surface area contributed by atoms with Gasteiger partial charge in [0.05, 0.1) is 11.8 Å². The van der Waals surface area contributed by atoms with Crippen molar-refractivity contribution in [3.8, 4) is 0 Å². The Balaban J connectivity index is 2.57. The number of carbonyl (C=O) groups excluding carboxylic acids is 1. The fourth-order valence-corrected chi connectivity index (χ4v) is 1.27. The number of hydrogen-bond acceptors (Lipinski definition) is 3. The minimum atomic E-state index is -0.0121. The van der Waals surface area contributed by atoms with Crippen LogP contribution in [0.4, 0.5) is 0 Å². The number of aromatic nitrogens is 2. The van der Waals surface area contributed by atoms with Crippen LogP contribution in [0.1, 0.15) is 29.4 Å². The largest absolute Gasteiger partial charge is 0.342 e. The van der Waals surface area contributed by atoms with Gasteiger partial charge >= 0.3 is 0 Å². The fourth-order valence-electron chi connectivity index (χ4n) is 1.27. The van der Waals surface area contributed by atoms with Crippen LogP contribution >= 0.6 is 0 Å². The topological polar surface area (TPSA) is 75.0 Å². The Morgan fingerprint density at radius 2 is 2.40 bits per heavy atom. The Morgan fingerprint density at radius 3 is 2.87 bits per heavy atom. The van der Waals surface area contributed by atoms with Crippen molar-refractivity contribution in [1.29, 1.82) is 0 Å². The van der Waals surface area contributed by atoms with Gasteiger partial charge in [0.15, 0.2) is 0 Å². The lowest BCUT2D eigenvalue weighted by Gasteiger charge is -2.17. The summed E-state index contributed by atoms with van der Waals surface area (Å²) in [6.07, 6.45) is 2.36. The highest BCUT2D eigenvalue weighted by atomic mass is 16.2. The van der Waals surface area contributed by atoms with Gasteiger partial charge in [-0.1, -0.05) is 0 Å². The summed E-state index contributed by atoms with van der Waals surface area (Å²) >= 11 is 0. The summed E-state index contributed by atoms with van der Waals surface area (Å²) in [6.45, 7) is 4.43. The molecule has 0 radical (unpaired) electrons. The van der Waals surface area contributed by atoms with Gasteiger partial charge in [-0.05, 0) is 20.3 Å². The van der Waals surface area contributed by atoms with Gasteiger partial charge in [0.1, 0.15) is 0 Å². The zero-order valence-electron chi connectivity index (χ0n) is 9.45. The number of carbonyl (C=O) groups is 1. The molecule has 1 heterocycles. The van der Waals surface area contributed by atoms with Crippen molar-refractivity contribution in [3.63, 3.8) is 0 Å². The van der Waals surface area contributed by atoms with Crippen molar-refractivity contribution < 1.29 is 4.79 Å². The number of nitrogens with two attached hydrogens (primary N) is 1. The van der Waals surface area contributed by atoms with E-state index < -0.39 is 0 Å². The van der Waals surface area contributed by atoms with Crippen LogP contribution in [0, 0.1) is 6.92 Å². The second-order valence-corrected chi connectivity index (χ2v) is 3.90. The molecule has 1 atom stereocenters. The molecule has 0 spiro atoms. The molecule has 5 heteroatoms. The molecule has 0 aliphatic heterocycles. The van der Waals surface area contributed by atoms with Crippen LogP contribution in [0.15, 0.2) is 6.20 Å². The van der Waals surface area contributed by atoms with Crippen LogP contribution in [0.2, 0.25) is 0 Å². The van der Waals surface area contributed by atoms with Gasteiger partial charge in [0, 0.05) is 25.3 Å². The standard InChI is InChI=1S/C10H18N4O/c1-7(11)4-5-14(3)10(15)9-6-12-13-8(9)2/h6-7H,4-5,11H2,1-3H3,(H,12,13). The highest BCUT2D eigenvalue weighted by Gasteiger charge is 2.15. The maximum Gasteiger partial charge on any atom is 0.257 e. The highest BCUT2D eigenvalue weighted by Crippen LogP contribution is 2.06. The van der Waals surface area contributed by atoms with E-state index in [2.05, 4.69) is 10.2 Å². The first-order valence-corrected chi connectivity index (χ1v) is 5.03. The van der Waals surface area contributed by atoms with E-state index in [1.54, 1.807) is 18.1 Å². The van der Waals surface area contributed by atoms with Crippen LogP contribution in [0.3, 0.4) is 0 Å². The number of hydrogen-bond donors (Lipinski definition) is 2. The molecule has 0 fully saturated rings. The SMILES string of the molecule is Cc1[nH]ncc1C(=O)N(C)CCC(C)N. The number of nitrogens with zero attached hydrogens (tertiary/aromatic N) is 2. The van der Waals surface area contributed by atoms with E-state index in [9.17, 15) is 4.79 Å². The monoisotopic (exact) mass is 210 g/mol. The van der Waals surface area contributed by atoms with E-state index in [0.717, 1.165) is 12.1 Å². The molecule has 1 unspecified atom stereocenters. The van der Waals surface area contributed by atoms with Gasteiger partial charge in [-0.2, -0.15) is 5.10 Å². The lowest BCUT2D eigenvalue weighted by molar-refractivity contribution is 0.0791. The van der Waals surface area contributed by atoms with E-state index in [-0.39, 0.29) is 11.9 Å². The summed E-state index contributed by atoms with van der Waals surface area (Å²) in [5, 5.41) is 6.57. The maximum absolute atomic E-state index is 11.9. The molecule has 1 amide bonds. The predicted octanol–water partition coefficient (Wildman–Crippen LogP) is 0.527. The Hall–Kier alpha value is -1.36. The zero-order valence-corrected chi connectivity index (χ0v) is 9.45. The Labute approximate surface area is 89.6 Å². The van der Waals surface area contributed by atoms with E-state index >= 15 is 0 Å². The van der Waals surface area contributed by atoms with Gasteiger partial charge in [-0.25, -0.2) is 0 Å². The molecule has 5 nitrogen and oxygen atoms in total. The molecule has 84 valence electrons.